The Morgan fingerprint density at radius 1 is 1.06 bits per heavy atom. The summed E-state index contributed by atoms with van der Waals surface area (Å²) in [5, 5.41) is 3.00. The van der Waals surface area contributed by atoms with Gasteiger partial charge in [-0.25, -0.2) is 0 Å². The first-order valence-corrected chi connectivity index (χ1v) is 7.16. The van der Waals surface area contributed by atoms with Crippen molar-refractivity contribution in [3.05, 3.63) is 0 Å². The molecule has 0 aromatic heterocycles. The number of hydrogen-bond acceptors (Lipinski definition) is 2. The highest BCUT2D eigenvalue weighted by Gasteiger charge is 2.26. The molecule has 0 aliphatic carbocycles. The molecular weight excluding hydrogens is 244 g/mol. The second-order valence-corrected chi connectivity index (χ2v) is 6.49. The molecule has 0 bridgehead atoms. The Bertz CT molecular complexity index is 280. The maximum atomic E-state index is 12.1. The molecule has 1 unspecified atom stereocenters. The molecular formula is C14H28N2OS. The van der Waals surface area contributed by atoms with Gasteiger partial charge in [-0.2, -0.15) is 0 Å². The van der Waals surface area contributed by atoms with Crippen molar-refractivity contribution >= 4 is 23.1 Å². The number of rotatable bonds is 7. The van der Waals surface area contributed by atoms with Crippen molar-refractivity contribution < 1.29 is 4.79 Å². The Hall–Kier alpha value is -0.640. The van der Waals surface area contributed by atoms with E-state index in [9.17, 15) is 4.79 Å². The highest BCUT2D eigenvalue weighted by atomic mass is 32.1. The Kier molecular flexibility index (Phi) is 7.45. The van der Waals surface area contributed by atoms with Gasteiger partial charge in [-0.1, -0.05) is 53.8 Å². The number of carbonyl (C=O) groups is 1. The zero-order valence-electron chi connectivity index (χ0n) is 12.5. The summed E-state index contributed by atoms with van der Waals surface area (Å²) in [6.07, 6.45) is 0. The minimum atomic E-state index is -0.361. The van der Waals surface area contributed by atoms with E-state index >= 15 is 0 Å². The first-order chi connectivity index (χ1) is 8.18. The fourth-order valence-electron chi connectivity index (χ4n) is 2.33. The number of thiocarbonyl (C=S) groups is 1. The lowest BCUT2D eigenvalue weighted by molar-refractivity contribution is -0.124. The third-order valence-electron chi connectivity index (χ3n) is 3.48. The molecule has 0 fully saturated rings. The van der Waals surface area contributed by atoms with Crippen molar-refractivity contribution in [3.8, 4) is 0 Å². The zero-order chi connectivity index (χ0) is 14.5. The average molecular weight is 272 g/mol. The van der Waals surface area contributed by atoms with E-state index in [0.717, 1.165) is 0 Å². The van der Waals surface area contributed by atoms with Crippen molar-refractivity contribution in [2.24, 2.45) is 35.3 Å². The third-order valence-corrected chi connectivity index (χ3v) is 3.73. The topological polar surface area (TPSA) is 55.1 Å². The predicted molar refractivity (Wildman–Crippen MR) is 81.3 cm³/mol. The van der Waals surface area contributed by atoms with E-state index < -0.39 is 0 Å². The highest BCUT2D eigenvalue weighted by Crippen LogP contribution is 2.20. The largest absolute Gasteiger partial charge is 0.393 e. The molecule has 0 radical (unpaired) electrons. The van der Waals surface area contributed by atoms with Crippen LogP contribution in [0.4, 0.5) is 0 Å². The molecule has 0 aliphatic rings. The first-order valence-electron chi connectivity index (χ1n) is 6.75. The summed E-state index contributed by atoms with van der Waals surface area (Å²) >= 11 is 4.97. The summed E-state index contributed by atoms with van der Waals surface area (Å²) in [6, 6.07) is 0. The molecule has 0 spiro atoms. The van der Waals surface area contributed by atoms with Crippen LogP contribution in [0.1, 0.15) is 41.5 Å². The fourth-order valence-corrected chi connectivity index (χ4v) is 2.71. The summed E-state index contributed by atoms with van der Waals surface area (Å²) in [4.78, 5) is 12.4. The number of carbonyl (C=O) groups excluding carboxylic acids is 1. The van der Waals surface area contributed by atoms with Crippen molar-refractivity contribution in [1.29, 1.82) is 0 Å². The van der Waals surface area contributed by atoms with E-state index in [1.807, 2.05) is 13.8 Å². The van der Waals surface area contributed by atoms with E-state index in [-0.39, 0.29) is 22.7 Å². The molecule has 18 heavy (non-hydrogen) atoms. The van der Waals surface area contributed by atoms with Crippen molar-refractivity contribution in [1.82, 2.24) is 5.32 Å². The second-order valence-electron chi connectivity index (χ2n) is 6.02. The molecule has 0 saturated heterocycles. The van der Waals surface area contributed by atoms with Crippen LogP contribution >= 0.6 is 12.2 Å². The van der Waals surface area contributed by atoms with Crippen LogP contribution in [0, 0.1) is 29.6 Å². The number of nitrogens with two attached hydrogens (primary N) is 1. The van der Waals surface area contributed by atoms with Crippen LogP contribution in [-0.2, 0) is 4.79 Å². The molecule has 4 heteroatoms. The van der Waals surface area contributed by atoms with Gasteiger partial charge in [-0.3, -0.25) is 4.79 Å². The van der Waals surface area contributed by atoms with Crippen LogP contribution in [0.2, 0.25) is 0 Å². The van der Waals surface area contributed by atoms with Crippen LogP contribution in [0.25, 0.3) is 0 Å². The normalized spacial score (nSPS) is 13.4. The number of nitrogens with one attached hydrogen (secondary N) is 1. The van der Waals surface area contributed by atoms with Gasteiger partial charge < -0.3 is 11.1 Å². The quantitative estimate of drug-likeness (QED) is 0.700. The van der Waals surface area contributed by atoms with Gasteiger partial charge in [0.1, 0.15) is 0 Å². The van der Waals surface area contributed by atoms with Crippen molar-refractivity contribution in [2.45, 2.75) is 41.5 Å². The van der Waals surface area contributed by atoms with Crippen LogP contribution < -0.4 is 11.1 Å². The Labute approximate surface area is 117 Å². The fraction of sp³-hybridized carbons (Fsp3) is 0.857. The second kappa shape index (κ2) is 7.72. The molecule has 0 aliphatic heterocycles. The van der Waals surface area contributed by atoms with Crippen molar-refractivity contribution in [2.75, 3.05) is 6.54 Å². The summed E-state index contributed by atoms with van der Waals surface area (Å²) in [5.41, 5.74) is 5.64. The molecule has 0 aromatic rings. The monoisotopic (exact) mass is 272 g/mol. The van der Waals surface area contributed by atoms with Crippen LogP contribution in [-0.4, -0.2) is 17.4 Å². The van der Waals surface area contributed by atoms with Crippen LogP contribution in [0.3, 0.4) is 0 Å². The van der Waals surface area contributed by atoms with Gasteiger partial charge in [0.05, 0.1) is 10.9 Å². The van der Waals surface area contributed by atoms with E-state index in [1.165, 1.54) is 0 Å². The smallest absolute Gasteiger partial charge is 0.230 e. The van der Waals surface area contributed by atoms with Gasteiger partial charge in [0.15, 0.2) is 0 Å². The molecule has 3 N–H and O–H groups in total. The lowest BCUT2D eigenvalue weighted by atomic mass is 9.85. The molecule has 1 amide bonds. The summed E-state index contributed by atoms with van der Waals surface area (Å²) in [5.74, 6) is 1.32. The number of amides is 1. The summed E-state index contributed by atoms with van der Waals surface area (Å²) in [6.45, 7) is 13.4. The zero-order valence-corrected chi connectivity index (χ0v) is 13.3. The van der Waals surface area contributed by atoms with Gasteiger partial charge in [0.2, 0.25) is 5.91 Å². The standard InChI is InChI=1S/C14H28N2OS/c1-8(2)11(9(3)4)7-16-14(17)12(10(5)6)13(15)18/h8-12H,7H2,1-6H3,(H2,15,18)(H,16,17). The minimum Gasteiger partial charge on any atom is -0.393 e. The first kappa shape index (κ1) is 17.4. The van der Waals surface area contributed by atoms with Crippen LogP contribution in [0.15, 0.2) is 0 Å². The van der Waals surface area contributed by atoms with E-state index in [2.05, 4.69) is 33.0 Å². The SMILES string of the molecule is CC(C)C(C(=O)NCC(C(C)C)C(C)C)C(N)=S. The van der Waals surface area contributed by atoms with Crippen molar-refractivity contribution in [3.63, 3.8) is 0 Å². The van der Waals surface area contributed by atoms with Crippen LogP contribution in [0.5, 0.6) is 0 Å². The number of hydrogen-bond donors (Lipinski definition) is 2. The molecule has 0 rings (SSSR count). The summed E-state index contributed by atoms with van der Waals surface area (Å²) in [7, 11) is 0. The Morgan fingerprint density at radius 2 is 1.50 bits per heavy atom. The minimum absolute atomic E-state index is 0.0381. The Morgan fingerprint density at radius 3 is 1.78 bits per heavy atom. The van der Waals surface area contributed by atoms with E-state index in [4.69, 9.17) is 18.0 Å². The van der Waals surface area contributed by atoms with Gasteiger partial charge >= 0.3 is 0 Å². The van der Waals surface area contributed by atoms with Gasteiger partial charge in [0, 0.05) is 6.54 Å². The van der Waals surface area contributed by atoms with E-state index in [1.54, 1.807) is 0 Å². The average Bonchev–Trinajstić information content (AvgIpc) is 2.14. The molecule has 1 atom stereocenters. The lowest BCUT2D eigenvalue weighted by Crippen LogP contribution is -2.43. The van der Waals surface area contributed by atoms with Gasteiger partial charge in [-0.05, 0) is 23.7 Å². The van der Waals surface area contributed by atoms with Gasteiger partial charge in [-0.15, -0.1) is 0 Å². The maximum Gasteiger partial charge on any atom is 0.230 e. The predicted octanol–water partition coefficient (Wildman–Crippen LogP) is 2.59. The van der Waals surface area contributed by atoms with Gasteiger partial charge in [0.25, 0.3) is 0 Å². The molecule has 3 nitrogen and oxygen atoms in total. The molecule has 0 aromatic carbocycles. The molecule has 0 saturated carbocycles. The maximum absolute atomic E-state index is 12.1. The molecule has 106 valence electrons. The Balaban J connectivity index is 4.51. The molecule has 0 heterocycles. The highest BCUT2D eigenvalue weighted by molar-refractivity contribution is 7.80. The third kappa shape index (κ3) is 5.34. The van der Waals surface area contributed by atoms with E-state index in [0.29, 0.717) is 24.3 Å². The summed E-state index contributed by atoms with van der Waals surface area (Å²) < 4.78 is 0. The lowest BCUT2D eigenvalue weighted by Gasteiger charge is -2.27.